The minimum Gasteiger partial charge on any atom is -0.343 e. The Morgan fingerprint density at radius 1 is 1.14 bits per heavy atom. The maximum atomic E-state index is 12.3. The maximum Gasteiger partial charge on any atom is 0.227 e. The molecule has 0 aliphatic carbocycles. The summed E-state index contributed by atoms with van der Waals surface area (Å²) in [6.07, 6.45) is 1.27. The van der Waals surface area contributed by atoms with E-state index >= 15 is 0 Å². The van der Waals surface area contributed by atoms with Gasteiger partial charge in [0.2, 0.25) is 11.8 Å². The van der Waals surface area contributed by atoms with Crippen molar-refractivity contribution in [2.45, 2.75) is 19.8 Å². The van der Waals surface area contributed by atoms with Crippen LogP contribution in [-0.2, 0) is 9.59 Å². The molecule has 0 aromatic heterocycles. The topological polar surface area (TPSA) is 49.4 Å². The Hall–Kier alpha value is -0.970. The number of anilines is 1. The highest BCUT2D eigenvalue weighted by atomic mass is 35.5. The minimum atomic E-state index is -0.150. The molecule has 1 N–H and O–H groups in total. The van der Waals surface area contributed by atoms with Crippen molar-refractivity contribution in [3.8, 4) is 0 Å². The summed E-state index contributed by atoms with van der Waals surface area (Å²) >= 11 is 17.9. The molecule has 1 fully saturated rings. The molecule has 0 saturated carbocycles. The Morgan fingerprint density at radius 3 is 2.14 bits per heavy atom. The number of halogens is 3. The van der Waals surface area contributed by atoms with Crippen LogP contribution in [-0.4, -0.2) is 29.8 Å². The lowest BCUT2D eigenvalue weighted by molar-refractivity contribution is -0.132. The first-order chi connectivity index (χ1) is 9.88. The number of rotatable bonds is 2. The van der Waals surface area contributed by atoms with Gasteiger partial charge in [-0.05, 0) is 25.0 Å². The van der Waals surface area contributed by atoms with Crippen molar-refractivity contribution in [3.05, 3.63) is 27.2 Å². The molecule has 7 heteroatoms. The molecule has 1 aromatic rings. The minimum absolute atomic E-state index is 0.0395. The van der Waals surface area contributed by atoms with E-state index < -0.39 is 0 Å². The molecule has 2 amide bonds. The number of hydrogen-bond acceptors (Lipinski definition) is 2. The quantitative estimate of drug-likeness (QED) is 0.882. The van der Waals surface area contributed by atoms with Crippen LogP contribution < -0.4 is 5.32 Å². The summed E-state index contributed by atoms with van der Waals surface area (Å²) in [5.41, 5.74) is 0.377. The second kappa shape index (κ2) is 6.86. The smallest absolute Gasteiger partial charge is 0.227 e. The zero-order chi connectivity index (χ0) is 15.6. The van der Waals surface area contributed by atoms with Gasteiger partial charge in [0.05, 0.1) is 15.7 Å². The van der Waals surface area contributed by atoms with Crippen LogP contribution in [0.2, 0.25) is 15.1 Å². The predicted molar refractivity (Wildman–Crippen MR) is 85.1 cm³/mol. The number of piperidine rings is 1. The van der Waals surface area contributed by atoms with E-state index in [0.29, 0.717) is 46.7 Å². The van der Waals surface area contributed by atoms with Gasteiger partial charge in [0.25, 0.3) is 0 Å². The second-order valence-electron chi connectivity index (χ2n) is 5.01. The van der Waals surface area contributed by atoms with Crippen molar-refractivity contribution in [1.29, 1.82) is 0 Å². The number of carbonyl (C=O) groups excluding carboxylic acids is 2. The van der Waals surface area contributed by atoms with Gasteiger partial charge in [0.1, 0.15) is 0 Å². The fourth-order valence-electron chi connectivity index (χ4n) is 2.34. The first kappa shape index (κ1) is 16.4. The van der Waals surface area contributed by atoms with Crippen LogP contribution in [0.5, 0.6) is 0 Å². The van der Waals surface area contributed by atoms with E-state index in [9.17, 15) is 9.59 Å². The van der Waals surface area contributed by atoms with Crippen molar-refractivity contribution < 1.29 is 9.59 Å². The Kier molecular flexibility index (Phi) is 5.36. The largest absolute Gasteiger partial charge is 0.343 e. The van der Waals surface area contributed by atoms with Crippen LogP contribution in [0.4, 0.5) is 5.69 Å². The summed E-state index contributed by atoms with van der Waals surface area (Å²) in [5, 5.41) is 3.78. The molecular weight excluding hydrogens is 335 g/mol. The molecule has 1 saturated heterocycles. The second-order valence-corrected chi connectivity index (χ2v) is 6.26. The van der Waals surface area contributed by atoms with Gasteiger partial charge < -0.3 is 10.2 Å². The molecule has 4 nitrogen and oxygen atoms in total. The summed E-state index contributed by atoms with van der Waals surface area (Å²) < 4.78 is 0. The number of carbonyl (C=O) groups is 2. The van der Waals surface area contributed by atoms with Crippen LogP contribution in [0.3, 0.4) is 0 Å². The molecule has 1 aromatic carbocycles. The van der Waals surface area contributed by atoms with Gasteiger partial charge in [-0.3, -0.25) is 9.59 Å². The third kappa shape index (κ3) is 4.02. The first-order valence-electron chi connectivity index (χ1n) is 6.59. The van der Waals surface area contributed by atoms with Gasteiger partial charge in [-0.1, -0.05) is 34.8 Å². The normalized spacial score (nSPS) is 15.9. The lowest BCUT2D eigenvalue weighted by Crippen LogP contribution is -2.40. The standard InChI is InChI=1S/C14H15Cl3N2O2/c1-8(20)19-4-2-9(3-5-19)14(21)18-13-11(16)6-10(15)7-12(13)17/h6-7,9H,2-5H2,1H3,(H,18,21). The van der Waals surface area contributed by atoms with E-state index in [1.807, 2.05) is 0 Å². The molecule has 2 rings (SSSR count). The lowest BCUT2D eigenvalue weighted by atomic mass is 9.96. The van der Waals surface area contributed by atoms with E-state index in [2.05, 4.69) is 5.32 Å². The number of likely N-dealkylation sites (tertiary alicyclic amines) is 1. The van der Waals surface area contributed by atoms with E-state index in [-0.39, 0.29) is 17.7 Å². The number of benzene rings is 1. The third-order valence-electron chi connectivity index (χ3n) is 3.57. The Bertz CT molecular complexity index is 546. The van der Waals surface area contributed by atoms with Crippen LogP contribution in [0.15, 0.2) is 12.1 Å². The van der Waals surface area contributed by atoms with Gasteiger partial charge in [-0.25, -0.2) is 0 Å². The van der Waals surface area contributed by atoms with Gasteiger partial charge in [0.15, 0.2) is 0 Å². The molecule has 1 aliphatic heterocycles. The average Bonchev–Trinajstić information content (AvgIpc) is 2.42. The molecule has 1 heterocycles. The maximum absolute atomic E-state index is 12.3. The van der Waals surface area contributed by atoms with Crippen molar-refractivity contribution in [1.82, 2.24) is 4.90 Å². The van der Waals surface area contributed by atoms with Crippen LogP contribution in [0.1, 0.15) is 19.8 Å². The number of nitrogens with one attached hydrogen (secondary N) is 1. The Labute approximate surface area is 138 Å². The van der Waals surface area contributed by atoms with Crippen molar-refractivity contribution in [2.24, 2.45) is 5.92 Å². The fourth-order valence-corrected chi connectivity index (χ4v) is 3.25. The molecule has 0 spiro atoms. The number of nitrogens with zero attached hydrogens (tertiary/aromatic N) is 1. The molecular formula is C14H15Cl3N2O2. The lowest BCUT2D eigenvalue weighted by Gasteiger charge is -2.30. The van der Waals surface area contributed by atoms with Crippen LogP contribution >= 0.6 is 34.8 Å². The van der Waals surface area contributed by atoms with Gasteiger partial charge in [-0.2, -0.15) is 0 Å². The van der Waals surface area contributed by atoms with Gasteiger partial charge in [-0.15, -0.1) is 0 Å². The van der Waals surface area contributed by atoms with Crippen LogP contribution in [0.25, 0.3) is 0 Å². The van der Waals surface area contributed by atoms with E-state index in [0.717, 1.165) is 0 Å². The van der Waals surface area contributed by atoms with Crippen molar-refractivity contribution >= 4 is 52.3 Å². The molecule has 0 radical (unpaired) electrons. The third-order valence-corrected chi connectivity index (χ3v) is 4.38. The van der Waals surface area contributed by atoms with Gasteiger partial charge >= 0.3 is 0 Å². The Balaban J connectivity index is 2.01. The molecule has 0 atom stereocenters. The molecule has 21 heavy (non-hydrogen) atoms. The highest BCUT2D eigenvalue weighted by Gasteiger charge is 2.26. The summed E-state index contributed by atoms with van der Waals surface area (Å²) in [6.45, 7) is 2.72. The molecule has 114 valence electrons. The summed E-state index contributed by atoms with van der Waals surface area (Å²) in [4.78, 5) is 25.3. The Morgan fingerprint density at radius 2 is 1.67 bits per heavy atom. The number of hydrogen-bond donors (Lipinski definition) is 1. The van der Waals surface area contributed by atoms with Crippen molar-refractivity contribution in [2.75, 3.05) is 18.4 Å². The zero-order valence-electron chi connectivity index (χ0n) is 11.5. The molecule has 0 unspecified atom stereocenters. The number of amides is 2. The van der Waals surface area contributed by atoms with E-state index in [1.54, 1.807) is 4.90 Å². The zero-order valence-corrected chi connectivity index (χ0v) is 13.7. The summed E-state index contributed by atoms with van der Waals surface area (Å²) in [7, 11) is 0. The SMILES string of the molecule is CC(=O)N1CCC(C(=O)Nc2c(Cl)cc(Cl)cc2Cl)CC1. The average molecular weight is 350 g/mol. The first-order valence-corrected chi connectivity index (χ1v) is 7.73. The van der Waals surface area contributed by atoms with Gasteiger partial charge in [0, 0.05) is 31.0 Å². The van der Waals surface area contributed by atoms with E-state index in [1.165, 1.54) is 19.1 Å². The highest BCUT2D eigenvalue weighted by molar-refractivity contribution is 6.42. The summed E-state index contributed by atoms with van der Waals surface area (Å²) in [5.74, 6) is -0.245. The molecule has 1 aliphatic rings. The van der Waals surface area contributed by atoms with Crippen LogP contribution in [0, 0.1) is 5.92 Å². The monoisotopic (exact) mass is 348 g/mol. The highest BCUT2D eigenvalue weighted by Crippen LogP contribution is 2.34. The summed E-state index contributed by atoms with van der Waals surface area (Å²) in [6, 6.07) is 3.06. The van der Waals surface area contributed by atoms with E-state index in [4.69, 9.17) is 34.8 Å². The van der Waals surface area contributed by atoms with Crippen molar-refractivity contribution in [3.63, 3.8) is 0 Å². The predicted octanol–water partition coefficient (Wildman–Crippen LogP) is 3.84. The molecule has 0 bridgehead atoms. The fraction of sp³-hybridized carbons (Fsp3) is 0.429.